The Labute approximate surface area is 179 Å². The van der Waals surface area contributed by atoms with Crippen molar-refractivity contribution in [2.24, 2.45) is 0 Å². The van der Waals surface area contributed by atoms with Crippen molar-refractivity contribution in [3.05, 3.63) is 59.1 Å². The van der Waals surface area contributed by atoms with Gasteiger partial charge in [0.2, 0.25) is 11.8 Å². The smallest absolute Gasteiger partial charge is 0.261 e. The molecule has 1 fully saturated rings. The molecule has 2 aromatic carbocycles. The van der Waals surface area contributed by atoms with Crippen molar-refractivity contribution in [1.82, 2.24) is 10.2 Å². The number of nitrogens with zero attached hydrogens (tertiary/aromatic N) is 1. The maximum atomic E-state index is 12.5. The molecule has 0 aromatic heterocycles. The molecule has 1 aliphatic heterocycles. The van der Waals surface area contributed by atoms with Crippen molar-refractivity contribution in [3.63, 3.8) is 0 Å². The van der Waals surface area contributed by atoms with E-state index in [0.29, 0.717) is 22.7 Å². The molecule has 1 aliphatic rings. The van der Waals surface area contributed by atoms with Crippen LogP contribution in [0.5, 0.6) is 0 Å². The molecule has 0 unspecified atom stereocenters. The maximum absolute atomic E-state index is 12.5. The van der Waals surface area contributed by atoms with Crippen LogP contribution in [-0.2, 0) is 19.6 Å². The number of benzene rings is 2. The van der Waals surface area contributed by atoms with Crippen molar-refractivity contribution in [3.8, 4) is 0 Å². The highest BCUT2D eigenvalue weighted by atomic mass is 35.5. The third-order valence-corrected chi connectivity index (χ3v) is 6.17. The molecule has 0 saturated carbocycles. The number of anilines is 1. The first-order valence-corrected chi connectivity index (χ1v) is 11.1. The highest BCUT2D eigenvalue weighted by molar-refractivity contribution is 7.92. The van der Waals surface area contributed by atoms with Crippen LogP contribution >= 0.6 is 11.6 Å². The Kier molecular flexibility index (Phi) is 6.73. The van der Waals surface area contributed by atoms with Gasteiger partial charge in [-0.2, -0.15) is 0 Å². The first kappa shape index (κ1) is 21.8. The average Bonchev–Trinajstić information content (AvgIpc) is 3.04. The van der Waals surface area contributed by atoms with Gasteiger partial charge in [-0.3, -0.25) is 24.0 Å². The number of imide groups is 1. The van der Waals surface area contributed by atoms with E-state index in [4.69, 9.17) is 11.6 Å². The van der Waals surface area contributed by atoms with Crippen LogP contribution in [0.3, 0.4) is 0 Å². The Bertz CT molecular complexity index is 1040. The highest BCUT2D eigenvalue weighted by Crippen LogP contribution is 2.19. The Morgan fingerprint density at radius 1 is 0.967 bits per heavy atom. The lowest BCUT2D eigenvalue weighted by Gasteiger charge is -2.13. The van der Waals surface area contributed by atoms with Gasteiger partial charge >= 0.3 is 0 Å². The molecule has 158 valence electrons. The molecule has 0 bridgehead atoms. The molecule has 0 spiro atoms. The number of carbonyl (C=O) groups excluding carboxylic acids is 3. The molecule has 30 heavy (non-hydrogen) atoms. The molecule has 3 rings (SSSR count). The summed E-state index contributed by atoms with van der Waals surface area (Å²) in [7, 11) is -3.80. The van der Waals surface area contributed by atoms with Gasteiger partial charge in [0, 0.05) is 42.2 Å². The van der Waals surface area contributed by atoms with Gasteiger partial charge in [-0.05, 0) is 55.0 Å². The predicted octanol–water partition coefficient (Wildman–Crippen LogP) is 2.41. The van der Waals surface area contributed by atoms with Gasteiger partial charge in [-0.25, -0.2) is 8.42 Å². The summed E-state index contributed by atoms with van der Waals surface area (Å²) in [5, 5.41) is 3.18. The topological polar surface area (TPSA) is 113 Å². The first-order chi connectivity index (χ1) is 14.3. The molecule has 10 heteroatoms. The number of halogens is 1. The van der Waals surface area contributed by atoms with Gasteiger partial charge < -0.3 is 5.32 Å². The summed E-state index contributed by atoms with van der Waals surface area (Å²) >= 11 is 5.79. The lowest BCUT2D eigenvalue weighted by Crippen LogP contribution is -2.33. The Balaban J connectivity index is 1.52. The number of rotatable bonds is 8. The number of carbonyl (C=O) groups is 3. The first-order valence-electron chi connectivity index (χ1n) is 9.26. The molecule has 1 heterocycles. The van der Waals surface area contributed by atoms with Crippen molar-refractivity contribution in [1.29, 1.82) is 0 Å². The number of nitrogens with one attached hydrogen (secondary N) is 2. The molecule has 0 atom stereocenters. The normalized spacial score (nSPS) is 14.1. The van der Waals surface area contributed by atoms with Crippen LogP contribution in [0.4, 0.5) is 5.69 Å². The fourth-order valence-electron chi connectivity index (χ4n) is 2.93. The third kappa shape index (κ3) is 5.37. The lowest BCUT2D eigenvalue weighted by atomic mass is 10.2. The van der Waals surface area contributed by atoms with E-state index in [2.05, 4.69) is 10.0 Å². The summed E-state index contributed by atoms with van der Waals surface area (Å²) in [6, 6.07) is 11.8. The third-order valence-electron chi connectivity index (χ3n) is 4.52. The molecule has 0 radical (unpaired) electrons. The van der Waals surface area contributed by atoms with Gasteiger partial charge in [0.05, 0.1) is 4.90 Å². The van der Waals surface area contributed by atoms with Crippen molar-refractivity contribution < 1.29 is 22.8 Å². The zero-order chi connectivity index (χ0) is 21.7. The van der Waals surface area contributed by atoms with Crippen molar-refractivity contribution >= 4 is 45.0 Å². The lowest BCUT2D eigenvalue weighted by molar-refractivity contribution is -0.138. The van der Waals surface area contributed by atoms with Crippen LogP contribution < -0.4 is 10.0 Å². The average molecular weight is 450 g/mol. The van der Waals surface area contributed by atoms with Crippen LogP contribution in [0, 0.1) is 0 Å². The minimum atomic E-state index is -3.80. The van der Waals surface area contributed by atoms with Crippen LogP contribution in [0.2, 0.25) is 5.02 Å². The summed E-state index contributed by atoms with van der Waals surface area (Å²) in [5.74, 6) is -0.741. The Hall–Kier alpha value is -2.91. The van der Waals surface area contributed by atoms with Gasteiger partial charge in [0.1, 0.15) is 0 Å². The van der Waals surface area contributed by atoms with Gasteiger partial charge in [-0.15, -0.1) is 0 Å². The number of sulfonamides is 1. The van der Waals surface area contributed by atoms with E-state index in [1.54, 1.807) is 24.3 Å². The number of likely N-dealkylation sites (tertiary alicyclic amines) is 1. The molecular formula is C20H20ClN3O5S. The van der Waals surface area contributed by atoms with Crippen molar-refractivity contribution in [2.75, 3.05) is 17.8 Å². The van der Waals surface area contributed by atoms with Gasteiger partial charge in [0.15, 0.2) is 0 Å². The van der Waals surface area contributed by atoms with E-state index in [9.17, 15) is 22.8 Å². The Morgan fingerprint density at radius 2 is 1.57 bits per heavy atom. The fraction of sp³-hybridized carbons (Fsp3) is 0.250. The molecule has 2 aromatic rings. The number of amides is 3. The molecule has 8 nitrogen and oxygen atoms in total. The largest absolute Gasteiger partial charge is 0.352 e. The van der Waals surface area contributed by atoms with E-state index < -0.39 is 10.0 Å². The summed E-state index contributed by atoms with van der Waals surface area (Å²) in [6.07, 6.45) is 0.932. The summed E-state index contributed by atoms with van der Waals surface area (Å²) in [6.45, 7) is 0.555. The second-order valence-corrected chi connectivity index (χ2v) is 8.80. The minimum absolute atomic E-state index is 0.0139. The van der Waals surface area contributed by atoms with Gasteiger partial charge in [0.25, 0.3) is 15.9 Å². The Morgan fingerprint density at radius 3 is 2.17 bits per heavy atom. The highest BCUT2D eigenvalue weighted by Gasteiger charge is 2.27. The number of hydrogen-bond donors (Lipinski definition) is 2. The van der Waals surface area contributed by atoms with Crippen LogP contribution in [0.25, 0.3) is 0 Å². The monoisotopic (exact) mass is 449 g/mol. The van der Waals surface area contributed by atoms with E-state index in [-0.39, 0.29) is 48.5 Å². The second kappa shape index (κ2) is 9.27. The van der Waals surface area contributed by atoms with Crippen molar-refractivity contribution in [2.45, 2.75) is 24.2 Å². The molecule has 3 amide bonds. The summed E-state index contributed by atoms with van der Waals surface area (Å²) in [5.41, 5.74) is 0.671. The molecule has 2 N–H and O–H groups in total. The van der Waals surface area contributed by atoms with Crippen LogP contribution in [0.15, 0.2) is 53.4 Å². The minimum Gasteiger partial charge on any atom is -0.352 e. The standard InChI is InChI=1S/C20H20ClN3O5S/c21-15-4-6-16(7-5-15)23-30(28,29)17-8-2-14(3-9-17)20(27)22-12-1-13-24-18(25)10-11-19(24)26/h2-9,23H,1,10-13H2,(H,22,27). The molecular weight excluding hydrogens is 430 g/mol. The maximum Gasteiger partial charge on any atom is 0.261 e. The quantitative estimate of drug-likeness (QED) is 0.474. The fourth-order valence-corrected chi connectivity index (χ4v) is 4.12. The van der Waals surface area contributed by atoms with Crippen LogP contribution in [0.1, 0.15) is 29.6 Å². The predicted molar refractivity (Wildman–Crippen MR) is 112 cm³/mol. The molecule has 1 saturated heterocycles. The van der Waals surface area contributed by atoms with E-state index in [1.807, 2.05) is 0 Å². The van der Waals surface area contributed by atoms with E-state index >= 15 is 0 Å². The summed E-state index contributed by atoms with van der Waals surface area (Å²) in [4.78, 5) is 36.5. The zero-order valence-electron chi connectivity index (χ0n) is 15.9. The van der Waals surface area contributed by atoms with E-state index in [1.165, 1.54) is 29.2 Å². The second-order valence-electron chi connectivity index (χ2n) is 6.69. The zero-order valence-corrected chi connectivity index (χ0v) is 17.5. The van der Waals surface area contributed by atoms with Gasteiger partial charge in [-0.1, -0.05) is 11.6 Å². The number of hydrogen-bond acceptors (Lipinski definition) is 5. The SMILES string of the molecule is O=C(NCCCN1C(=O)CCC1=O)c1ccc(S(=O)(=O)Nc2ccc(Cl)cc2)cc1. The van der Waals surface area contributed by atoms with E-state index in [0.717, 1.165) is 0 Å². The van der Waals surface area contributed by atoms with Crippen LogP contribution in [-0.4, -0.2) is 44.1 Å². The molecule has 0 aliphatic carbocycles. The summed E-state index contributed by atoms with van der Waals surface area (Å²) < 4.78 is 27.3.